The molecule has 7 nitrogen and oxygen atoms in total. The quantitative estimate of drug-likeness (QED) is 0.187. The molecule has 0 aliphatic heterocycles. The summed E-state index contributed by atoms with van der Waals surface area (Å²) in [4.78, 5) is 17.3. The molecule has 0 saturated heterocycles. The van der Waals surface area contributed by atoms with Gasteiger partial charge in [0.2, 0.25) is 0 Å². The van der Waals surface area contributed by atoms with Gasteiger partial charge < -0.3 is 14.2 Å². The highest BCUT2D eigenvalue weighted by atomic mass is 16.5. The molecule has 2 heterocycles. The Labute approximate surface area is 227 Å². The van der Waals surface area contributed by atoms with Gasteiger partial charge in [-0.05, 0) is 41.7 Å². The van der Waals surface area contributed by atoms with Gasteiger partial charge >= 0.3 is 5.97 Å². The molecule has 0 N–H and O–H groups in total. The van der Waals surface area contributed by atoms with Gasteiger partial charge in [0, 0.05) is 0 Å². The Bertz CT molecular complexity index is 1500. The number of fused-ring (bicyclic) bond motifs is 1. The van der Waals surface area contributed by atoms with Gasteiger partial charge in [0.1, 0.15) is 5.60 Å². The van der Waals surface area contributed by atoms with Crippen molar-refractivity contribution in [2.45, 2.75) is 23.9 Å². The van der Waals surface area contributed by atoms with Crippen molar-refractivity contribution in [3.05, 3.63) is 131 Å². The molecule has 0 unspecified atom stereocenters. The average molecular weight is 520 g/mol. The first-order valence-electron chi connectivity index (χ1n) is 12.9. The van der Waals surface area contributed by atoms with Gasteiger partial charge in [-0.1, -0.05) is 91.0 Å². The van der Waals surface area contributed by atoms with Crippen molar-refractivity contribution >= 4 is 11.6 Å². The molecule has 1 aliphatic rings. The van der Waals surface area contributed by atoms with E-state index >= 15 is 0 Å². The maximum Gasteiger partial charge on any atom is 0.356 e. The van der Waals surface area contributed by atoms with E-state index in [4.69, 9.17) is 24.3 Å². The van der Waals surface area contributed by atoms with Crippen molar-refractivity contribution < 1.29 is 19.0 Å². The molecule has 0 bridgehead atoms. The highest BCUT2D eigenvalue weighted by Gasteiger charge is 2.51. The second kappa shape index (κ2) is 10.0. The van der Waals surface area contributed by atoms with Gasteiger partial charge in [0.15, 0.2) is 22.9 Å². The highest BCUT2D eigenvalue weighted by molar-refractivity contribution is 5.88. The highest BCUT2D eigenvalue weighted by Crippen LogP contribution is 2.50. The molecular formula is C32H29N3O4. The summed E-state index contributed by atoms with van der Waals surface area (Å²) >= 11 is 0. The number of methoxy groups -OCH3 is 2. The van der Waals surface area contributed by atoms with Crippen molar-refractivity contribution in [1.29, 1.82) is 0 Å². The first-order chi connectivity index (χ1) is 19.1. The average Bonchev–Trinajstić information content (AvgIpc) is 3.66. The molecule has 5 aromatic rings. The molecule has 0 radical (unpaired) electrons. The number of pyridine rings is 1. The Morgan fingerprint density at radius 3 is 1.82 bits per heavy atom. The van der Waals surface area contributed by atoms with Gasteiger partial charge in [-0.15, -0.1) is 5.10 Å². The molecule has 0 amide bonds. The van der Waals surface area contributed by atoms with E-state index in [9.17, 15) is 4.79 Å². The Morgan fingerprint density at radius 1 is 0.821 bits per heavy atom. The number of aromatic nitrogens is 3. The van der Waals surface area contributed by atoms with E-state index in [1.165, 1.54) is 11.6 Å². The van der Waals surface area contributed by atoms with Gasteiger partial charge in [0.05, 0.1) is 26.2 Å². The standard InChI is InChI=1S/C32H29N3O4/c1-37-27-19-18-26(29(36)38-2)35-28(27)33-30(34-35)31(20-21-31)22-39-32(23-12-6-3-7-13-23,24-14-8-4-9-15-24)25-16-10-5-11-17-25/h3-19H,20-22H2,1-2H3. The molecule has 196 valence electrons. The van der Waals surface area contributed by atoms with Crippen LogP contribution in [0.25, 0.3) is 5.65 Å². The Hall–Kier alpha value is -4.49. The smallest absolute Gasteiger partial charge is 0.356 e. The maximum absolute atomic E-state index is 12.5. The predicted molar refractivity (Wildman–Crippen MR) is 147 cm³/mol. The number of benzene rings is 3. The first kappa shape index (κ1) is 24.8. The molecule has 7 heteroatoms. The molecular weight excluding hydrogens is 490 g/mol. The molecule has 1 aliphatic carbocycles. The Balaban J connectivity index is 1.45. The lowest BCUT2D eigenvalue weighted by molar-refractivity contribution is -0.00148. The summed E-state index contributed by atoms with van der Waals surface area (Å²) < 4.78 is 19.1. The van der Waals surface area contributed by atoms with Gasteiger partial charge in [-0.2, -0.15) is 0 Å². The predicted octanol–water partition coefficient (Wildman–Crippen LogP) is 5.56. The third-order valence-corrected chi connectivity index (χ3v) is 7.50. The molecule has 3 aromatic carbocycles. The summed E-state index contributed by atoms with van der Waals surface area (Å²) in [6.07, 6.45) is 1.74. The van der Waals surface area contributed by atoms with Crippen LogP contribution >= 0.6 is 0 Å². The monoisotopic (exact) mass is 519 g/mol. The van der Waals surface area contributed by atoms with Crippen LogP contribution in [0.4, 0.5) is 0 Å². The molecule has 39 heavy (non-hydrogen) atoms. The van der Waals surface area contributed by atoms with Gasteiger partial charge in [-0.3, -0.25) is 0 Å². The zero-order valence-electron chi connectivity index (χ0n) is 21.9. The number of esters is 1. The zero-order valence-corrected chi connectivity index (χ0v) is 21.9. The molecule has 1 saturated carbocycles. The van der Waals surface area contributed by atoms with Crippen molar-refractivity contribution in [2.75, 3.05) is 20.8 Å². The summed E-state index contributed by atoms with van der Waals surface area (Å²) in [7, 11) is 2.92. The number of hydrogen-bond acceptors (Lipinski definition) is 6. The fourth-order valence-electron chi connectivity index (χ4n) is 5.18. The van der Waals surface area contributed by atoms with Gasteiger partial charge in [0.25, 0.3) is 0 Å². The van der Waals surface area contributed by atoms with Crippen molar-refractivity contribution in [3.8, 4) is 5.75 Å². The summed E-state index contributed by atoms with van der Waals surface area (Å²) in [6.45, 7) is 0.387. The lowest BCUT2D eigenvalue weighted by atomic mass is 9.80. The van der Waals surface area contributed by atoms with Crippen LogP contribution in [0.15, 0.2) is 103 Å². The maximum atomic E-state index is 12.5. The number of nitrogens with zero attached hydrogens (tertiary/aromatic N) is 3. The summed E-state index contributed by atoms with van der Waals surface area (Å²) in [5.74, 6) is 0.669. The largest absolute Gasteiger partial charge is 0.493 e. The lowest BCUT2D eigenvalue weighted by Gasteiger charge is -2.37. The zero-order chi connectivity index (χ0) is 26.9. The Kier molecular flexibility index (Phi) is 6.37. The third-order valence-electron chi connectivity index (χ3n) is 7.50. The molecule has 6 rings (SSSR count). The minimum atomic E-state index is -0.840. The van der Waals surface area contributed by atoms with Crippen LogP contribution in [0.2, 0.25) is 0 Å². The molecule has 0 spiro atoms. The fraction of sp³-hybridized carbons (Fsp3) is 0.219. The number of carbonyl (C=O) groups is 1. The van der Waals surface area contributed by atoms with E-state index in [0.29, 0.717) is 23.8 Å². The van der Waals surface area contributed by atoms with Crippen LogP contribution in [0, 0.1) is 0 Å². The van der Waals surface area contributed by atoms with E-state index < -0.39 is 17.0 Å². The van der Waals surface area contributed by atoms with Crippen LogP contribution in [-0.4, -0.2) is 41.4 Å². The van der Waals surface area contributed by atoms with Crippen LogP contribution in [-0.2, 0) is 20.5 Å². The van der Waals surface area contributed by atoms with E-state index in [-0.39, 0.29) is 5.69 Å². The summed E-state index contributed by atoms with van der Waals surface area (Å²) in [6, 6.07) is 34.3. The number of rotatable bonds is 9. The van der Waals surface area contributed by atoms with Crippen LogP contribution in [0.3, 0.4) is 0 Å². The number of ether oxygens (including phenoxy) is 3. The first-order valence-corrected chi connectivity index (χ1v) is 12.9. The minimum Gasteiger partial charge on any atom is -0.493 e. The normalized spacial score (nSPS) is 14.2. The number of hydrogen-bond donors (Lipinski definition) is 0. The van der Waals surface area contributed by atoms with Crippen LogP contribution in [0.5, 0.6) is 5.75 Å². The van der Waals surface area contributed by atoms with E-state index in [2.05, 4.69) is 36.4 Å². The van der Waals surface area contributed by atoms with Gasteiger partial charge in [-0.25, -0.2) is 14.3 Å². The third kappa shape index (κ3) is 4.25. The van der Waals surface area contributed by atoms with Crippen molar-refractivity contribution in [2.24, 2.45) is 0 Å². The van der Waals surface area contributed by atoms with Crippen LogP contribution in [0.1, 0.15) is 45.8 Å². The van der Waals surface area contributed by atoms with E-state index in [1.54, 1.807) is 19.2 Å². The second-order valence-corrected chi connectivity index (χ2v) is 9.80. The lowest BCUT2D eigenvalue weighted by Crippen LogP contribution is -2.36. The fourth-order valence-corrected chi connectivity index (χ4v) is 5.18. The number of carbonyl (C=O) groups excluding carboxylic acids is 1. The van der Waals surface area contributed by atoms with Crippen molar-refractivity contribution in [1.82, 2.24) is 14.6 Å². The second-order valence-electron chi connectivity index (χ2n) is 9.80. The summed E-state index contributed by atoms with van der Waals surface area (Å²) in [5, 5.41) is 4.79. The molecule has 0 atom stereocenters. The SMILES string of the molecule is COC(=O)c1ccc(OC)c2nc(C3(COC(c4ccccc4)(c4ccccc4)c4ccccc4)CC3)nn12. The minimum absolute atomic E-state index is 0.288. The van der Waals surface area contributed by atoms with E-state index in [0.717, 1.165) is 29.5 Å². The van der Waals surface area contributed by atoms with Crippen LogP contribution < -0.4 is 4.74 Å². The summed E-state index contributed by atoms with van der Waals surface area (Å²) in [5.41, 5.74) is 2.64. The molecule has 1 fully saturated rings. The van der Waals surface area contributed by atoms with E-state index in [1.807, 2.05) is 54.6 Å². The Morgan fingerprint density at radius 2 is 1.36 bits per heavy atom. The topological polar surface area (TPSA) is 75.0 Å². The van der Waals surface area contributed by atoms with Crippen molar-refractivity contribution in [3.63, 3.8) is 0 Å². The molecule has 2 aromatic heterocycles.